The van der Waals surface area contributed by atoms with E-state index >= 15 is 0 Å². The van der Waals surface area contributed by atoms with E-state index in [9.17, 15) is 4.79 Å². The van der Waals surface area contributed by atoms with Crippen molar-refractivity contribution in [2.45, 2.75) is 13.5 Å². The summed E-state index contributed by atoms with van der Waals surface area (Å²) < 4.78 is 5.32. The molecule has 0 amide bonds. The SMILES string of the molecule is Cc1csc(COC(=O)c2cccc3ncccc23)n1. The van der Waals surface area contributed by atoms with Crippen LogP contribution in [0.25, 0.3) is 10.9 Å². The van der Waals surface area contributed by atoms with E-state index in [1.165, 1.54) is 11.3 Å². The number of thiazole rings is 1. The first-order valence-corrected chi connectivity index (χ1v) is 7.04. The smallest absolute Gasteiger partial charge is 0.339 e. The summed E-state index contributed by atoms with van der Waals surface area (Å²) in [5.41, 5.74) is 2.26. The van der Waals surface area contributed by atoms with Crippen molar-refractivity contribution < 1.29 is 9.53 Å². The maximum absolute atomic E-state index is 12.2. The van der Waals surface area contributed by atoms with E-state index in [1.54, 1.807) is 18.3 Å². The Labute approximate surface area is 120 Å². The number of aryl methyl sites for hydroxylation is 1. The van der Waals surface area contributed by atoms with Gasteiger partial charge in [-0.1, -0.05) is 12.1 Å². The van der Waals surface area contributed by atoms with E-state index < -0.39 is 0 Å². The lowest BCUT2D eigenvalue weighted by Crippen LogP contribution is -2.06. The van der Waals surface area contributed by atoms with Gasteiger partial charge in [-0.2, -0.15) is 0 Å². The van der Waals surface area contributed by atoms with Crippen LogP contribution in [0.3, 0.4) is 0 Å². The van der Waals surface area contributed by atoms with Crippen LogP contribution in [0.5, 0.6) is 0 Å². The van der Waals surface area contributed by atoms with Gasteiger partial charge in [0.1, 0.15) is 11.6 Å². The highest BCUT2D eigenvalue weighted by Gasteiger charge is 2.12. The van der Waals surface area contributed by atoms with Crippen LogP contribution < -0.4 is 0 Å². The van der Waals surface area contributed by atoms with Crippen molar-refractivity contribution in [1.82, 2.24) is 9.97 Å². The number of esters is 1. The molecule has 0 aliphatic rings. The van der Waals surface area contributed by atoms with Crippen LogP contribution >= 0.6 is 11.3 Å². The molecular formula is C15H12N2O2S. The molecule has 2 heterocycles. The molecule has 4 nitrogen and oxygen atoms in total. The van der Waals surface area contributed by atoms with Crippen LogP contribution in [0.2, 0.25) is 0 Å². The average Bonchev–Trinajstić information content (AvgIpc) is 2.90. The van der Waals surface area contributed by atoms with Crippen molar-refractivity contribution in [3.05, 3.63) is 58.2 Å². The molecule has 3 aromatic rings. The molecule has 1 aromatic carbocycles. The van der Waals surface area contributed by atoms with Gasteiger partial charge < -0.3 is 4.74 Å². The zero-order valence-electron chi connectivity index (χ0n) is 10.9. The molecule has 0 radical (unpaired) electrons. The van der Waals surface area contributed by atoms with E-state index in [4.69, 9.17) is 4.74 Å². The van der Waals surface area contributed by atoms with Crippen molar-refractivity contribution in [2.24, 2.45) is 0 Å². The monoisotopic (exact) mass is 284 g/mol. The third kappa shape index (κ3) is 2.53. The number of ether oxygens (including phenoxy) is 1. The van der Waals surface area contributed by atoms with E-state index in [1.807, 2.05) is 30.5 Å². The van der Waals surface area contributed by atoms with Crippen LogP contribution in [0, 0.1) is 6.92 Å². The van der Waals surface area contributed by atoms with Crippen LogP contribution in [-0.4, -0.2) is 15.9 Å². The highest BCUT2D eigenvalue weighted by molar-refractivity contribution is 7.09. The third-order valence-electron chi connectivity index (χ3n) is 2.86. The van der Waals surface area contributed by atoms with Gasteiger partial charge in [-0.3, -0.25) is 4.98 Å². The first-order chi connectivity index (χ1) is 9.74. The number of rotatable bonds is 3. The maximum atomic E-state index is 12.2. The second kappa shape index (κ2) is 5.38. The number of hydrogen-bond acceptors (Lipinski definition) is 5. The summed E-state index contributed by atoms with van der Waals surface area (Å²) in [4.78, 5) is 20.7. The summed E-state index contributed by atoms with van der Waals surface area (Å²) >= 11 is 1.49. The van der Waals surface area contributed by atoms with Gasteiger partial charge in [0.05, 0.1) is 11.1 Å². The number of benzene rings is 1. The lowest BCUT2D eigenvalue weighted by molar-refractivity contribution is 0.0474. The quantitative estimate of drug-likeness (QED) is 0.692. The van der Waals surface area contributed by atoms with Gasteiger partial charge in [-0.15, -0.1) is 11.3 Å². The molecule has 0 N–H and O–H groups in total. The zero-order chi connectivity index (χ0) is 13.9. The predicted octanol–water partition coefficient (Wildman–Crippen LogP) is 3.36. The van der Waals surface area contributed by atoms with Gasteiger partial charge in [0.2, 0.25) is 0 Å². The second-order valence-electron chi connectivity index (χ2n) is 4.33. The lowest BCUT2D eigenvalue weighted by Gasteiger charge is -2.05. The molecule has 3 rings (SSSR count). The summed E-state index contributed by atoms with van der Waals surface area (Å²) in [6, 6.07) is 9.10. The van der Waals surface area contributed by atoms with Crippen LogP contribution in [-0.2, 0) is 11.3 Å². The Morgan fingerprint density at radius 2 is 2.20 bits per heavy atom. The van der Waals surface area contributed by atoms with Gasteiger partial charge in [0.15, 0.2) is 0 Å². The Hall–Kier alpha value is -2.27. The Morgan fingerprint density at radius 1 is 1.30 bits per heavy atom. The number of carbonyl (C=O) groups excluding carboxylic acids is 1. The minimum Gasteiger partial charge on any atom is -0.455 e. The van der Waals surface area contributed by atoms with E-state index in [0.717, 1.165) is 21.6 Å². The standard InChI is InChI=1S/C15H12N2O2S/c1-10-9-20-14(17-10)8-19-15(18)12-4-2-6-13-11(12)5-3-7-16-13/h2-7,9H,8H2,1H3. The number of nitrogens with zero attached hydrogens (tertiary/aromatic N) is 2. The molecule has 0 fully saturated rings. The predicted molar refractivity (Wildman–Crippen MR) is 77.7 cm³/mol. The molecule has 0 saturated heterocycles. The summed E-state index contributed by atoms with van der Waals surface area (Å²) in [7, 11) is 0. The van der Waals surface area contributed by atoms with Crippen LogP contribution in [0.15, 0.2) is 41.9 Å². The van der Waals surface area contributed by atoms with Crippen molar-refractivity contribution in [1.29, 1.82) is 0 Å². The van der Waals surface area contributed by atoms with Crippen molar-refractivity contribution >= 4 is 28.2 Å². The topological polar surface area (TPSA) is 52.1 Å². The van der Waals surface area contributed by atoms with E-state index in [-0.39, 0.29) is 12.6 Å². The van der Waals surface area contributed by atoms with Crippen molar-refractivity contribution in [3.8, 4) is 0 Å². The second-order valence-corrected chi connectivity index (χ2v) is 5.28. The molecule has 0 saturated carbocycles. The minimum absolute atomic E-state index is 0.202. The number of pyridine rings is 1. The molecule has 0 bridgehead atoms. The molecule has 0 aliphatic carbocycles. The van der Waals surface area contributed by atoms with Gasteiger partial charge in [0.25, 0.3) is 0 Å². The van der Waals surface area contributed by atoms with Crippen molar-refractivity contribution in [3.63, 3.8) is 0 Å². The molecule has 0 aliphatic heterocycles. The first kappa shape index (κ1) is 12.7. The third-order valence-corrected chi connectivity index (χ3v) is 3.80. The first-order valence-electron chi connectivity index (χ1n) is 6.16. The van der Waals surface area contributed by atoms with Gasteiger partial charge in [-0.25, -0.2) is 9.78 Å². The highest BCUT2D eigenvalue weighted by atomic mass is 32.1. The summed E-state index contributed by atoms with van der Waals surface area (Å²) in [5.74, 6) is -0.351. The Kier molecular flexibility index (Phi) is 3.43. The molecule has 2 aromatic heterocycles. The normalized spacial score (nSPS) is 10.7. The summed E-state index contributed by atoms with van der Waals surface area (Å²) in [6.07, 6.45) is 1.70. The summed E-state index contributed by atoms with van der Waals surface area (Å²) in [6.45, 7) is 2.12. The number of carbonyl (C=O) groups is 1. The molecular weight excluding hydrogens is 272 g/mol. The minimum atomic E-state index is -0.351. The van der Waals surface area contributed by atoms with E-state index in [2.05, 4.69) is 9.97 Å². The molecule has 0 spiro atoms. The van der Waals surface area contributed by atoms with E-state index in [0.29, 0.717) is 5.56 Å². The number of fused-ring (bicyclic) bond motifs is 1. The molecule has 100 valence electrons. The highest BCUT2D eigenvalue weighted by Crippen LogP contribution is 2.18. The molecule has 0 atom stereocenters. The number of hydrogen-bond donors (Lipinski definition) is 0. The fourth-order valence-corrected chi connectivity index (χ4v) is 2.64. The molecule has 5 heteroatoms. The number of aromatic nitrogens is 2. The van der Waals surface area contributed by atoms with Crippen LogP contribution in [0.4, 0.5) is 0 Å². The Morgan fingerprint density at radius 3 is 3.00 bits per heavy atom. The Bertz CT molecular complexity index is 762. The van der Waals surface area contributed by atoms with Crippen molar-refractivity contribution in [2.75, 3.05) is 0 Å². The molecule has 0 unspecified atom stereocenters. The molecule has 20 heavy (non-hydrogen) atoms. The van der Waals surface area contributed by atoms with Gasteiger partial charge >= 0.3 is 5.97 Å². The van der Waals surface area contributed by atoms with Gasteiger partial charge in [0, 0.05) is 22.7 Å². The fraction of sp³-hybridized carbons (Fsp3) is 0.133. The fourth-order valence-electron chi connectivity index (χ4n) is 1.96. The Balaban J connectivity index is 1.82. The summed E-state index contributed by atoms with van der Waals surface area (Å²) in [5, 5.41) is 3.54. The largest absolute Gasteiger partial charge is 0.455 e. The maximum Gasteiger partial charge on any atom is 0.339 e. The lowest BCUT2D eigenvalue weighted by atomic mass is 10.1. The van der Waals surface area contributed by atoms with Gasteiger partial charge in [-0.05, 0) is 25.1 Å². The average molecular weight is 284 g/mol. The zero-order valence-corrected chi connectivity index (χ0v) is 11.7. The van der Waals surface area contributed by atoms with Crippen LogP contribution in [0.1, 0.15) is 21.1 Å².